The van der Waals surface area contributed by atoms with Crippen LogP contribution in [0.1, 0.15) is 19.0 Å². The van der Waals surface area contributed by atoms with Crippen molar-refractivity contribution >= 4 is 17.3 Å². The first-order chi connectivity index (χ1) is 10.1. The summed E-state index contributed by atoms with van der Waals surface area (Å²) in [4.78, 5) is 22.3. The van der Waals surface area contributed by atoms with E-state index in [0.29, 0.717) is 13.0 Å². The van der Waals surface area contributed by atoms with Crippen molar-refractivity contribution in [1.29, 1.82) is 0 Å². The van der Waals surface area contributed by atoms with Gasteiger partial charge in [0.05, 0.1) is 17.3 Å². The van der Waals surface area contributed by atoms with Crippen LogP contribution in [0.25, 0.3) is 10.7 Å². The van der Waals surface area contributed by atoms with Gasteiger partial charge in [-0.05, 0) is 32.0 Å². The van der Waals surface area contributed by atoms with Gasteiger partial charge < -0.3 is 5.11 Å². The minimum atomic E-state index is -0.697. The molecular weight excluding hydrogens is 286 g/mol. The lowest BCUT2D eigenvalue weighted by Crippen LogP contribution is -2.32. The number of nitrogens with zero attached hydrogens (tertiary/aromatic N) is 3. The van der Waals surface area contributed by atoms with Crippen LogP contribution in [0.3, 0.4) is 0 Å². The van der Waals surface area contributed by atoms with Gasteiger partial charge in [0, 0.05) is 24.2 Å². The standard InChI is InChI=1S/C15H17N3O2S/c1-10-12(15(19)20)5-7-18(10)8-11-9-21-14(17-11)13-4-2-3-6-16-13/h2-4,6,9-10,12H,5,7-8H2,1H3,(H,19,20). The third-order valence-electron chi connectivity index (χ3n) is 4.00. The van der Waals surface area contributed by atoms with Crippen LogP contribution in [0, 0.1) is 5.92 Å². The number of likely N-dealkylation sites (tertiary alicyclic amines) is 1. The van der Waals surface area contributed by atoms with Crippen molar-refractivity contribution in [2.45, 2.75) is 25.9 Å². The van der Waals surface area contributed by atoms with Gasteiger partial charge in [0.2, 0.25) is 0 Å². The zero-order chi connectivity index (χ0) is 14.8. The first kappa shape index (κ1) is 14.2. The summed E-state index contributed by atoms with van der Waals surface area (Å²) < 4.78 is 0. The maximum absolute atomic E-state index is 11.2. The van der Waals surface area contributed by atoms with Crippen molar-refractivity contribution in [1.82, 2.24) is 14.9 Å². The molecule has 0 aliphatic carbocycles. The van der Waals surface area contributed by atoms with E-state index in [4.69, 9.17) is 0 Å². The van der Waals surface area contributed by atoms with Gasteiger partial charge in [-0.2, -0.15) is 0 Å². The zero-order valence-electron chi connectivity index (χ0n) is 11.8. The Bertz CT molecular complexity index is 629. The van der Waals surface area contributed by atoms with Crippen molar-refractivity contribution in [2.24, 2.45) is 5.92 Å². The molecule has 6 heteroatoms. The van der Waals surface area contributed by atoms with Crippen LogP contribution < -0.4 is 0 Å². The second kappa shape index (κ2) is 5.91. The highest BCUT2D eigenvalue weighted by molar-refractivity contribution is 7.13. The maximum atomic E-state index is 11.2. The Morgan fingerprint density at radius 2 is 2.38 bits per heavy atom. The van der Waals surface area contributed by atoms with Gasteiger partial charge in [0.25, 0.3) is 0 Å². The Labute approximate surface area is 127 Å². The number of thiazole rings is 1. The predicted molar refractivity (Wildman–Crippen MR) is 81.0 cm³/mol. The number of pyridine rings is 1. The molecule has 2 atom stereocenters. The van der Waals surface area contributed by atoms with E-state index in [0.717, 1.165) is 22.9 Å². The second-order valence-electron chi connectivity index (χ2n) is 5.30. The number of aromatic nitrogens is 2. The monoisotopic (exact) mass is 303 g/mol. The summed E-state index contributed by atoms with van der Waals surface area (Å²) in [6.45, 7) is 3.50. The molecule has 2 aromatic rings. The Morgan fingerprint density at radius 1 is 1.52 bits per heavy atom. The van der Waals surface area contributed by atoms with Crippen molar-refractivity contribution < 1.29 is 9.90 Å². The quantitative estimate of drug-likeness (QED) is 0.940. The lowest BCUT2D eigenvalue weighted by atomic mass is 10.0. The average molecular weight is 303 g/mol. The topological polar surface area (TPSA) is 66.3 Å². The minimum absolute atomic E-state index is 0.0579. The number of carboxylic acid groups (broad SMARTS) is 1. The zero-order valence-corrected chi connectivity index (χ0v) is 12.6. The molecule has 0 bridgehead atoms. The highest BCUT2D eigenvalue weighted by atomic mass is 32.1. The van der Waals surface area contributed by atoms with Crippen molar-refractivity contribution in [3.63, 3.8) is 0 Å². The Balaban J connectivity index is 1.70. The number of carbonyl (C=O) groups is 1. The molecule has 0 amide bonds. The van der Waals surface area contributed by atoms with E-state index in [9.17, 15) is 9.90 Å². The molecule has 0 spiro atoms. The van der Waals surface area contributed by atoms with E-state index in [1.54, 1.807) is 17.5 Å². The molecule has 0 radical (unpaired) electrons. The Morgan fingerprint density at radius 3 is 3.05 bits per heavy atom. The number of hydrogen-bond donors (Lipinski definition) is 1. The van der Waals surface area contributed by atoms with Crippen molar-refractivity contribution in [2.75, 3.05) is 6.54 Å². The average Bonchev–Trinajstić information content (AvgIpc) is 3.08. The fourth-order valence-electron chi connectivity index (χ4n) is 2.75. The van der Waals surface area contributed by atoms with Crippen LogP contribution >= 0.6 is 11.3 Å². The van der Waals surface area contributed by atoms with Crippen LogP contribution in [-0.4, -0.2) is 38.5 Å². The van der Waals surface area contributed by atoms with Crippen LogP contribution in [0.15, 0.2) is 29.8 Å². The highest BCUT2D eigenvalue weighted by Gasteiger charge is 2.35. The van der Waals surface area contributed by atoms with E-state index in [1.807, 2.05) is 30.5 Å². The molecule has 0 saturated carbocycles. The molecule has 1 fully saturated rings. The molecule has 1 N–H and O–H groups in total. The maximum Gasteiger partial charge on any atom is 0.308 e. The third-order valence-corrected chi connectivity index (χ3v) is 4.92. The molecule has 1 saturated heterocycles. The minimum Gasteiger partial charge on any atom is -0.481 e. The molecule has 21 heavy (non-hydrogen) atoms. The van der Waals surface area contributed by atoms with Gasteiger partial charge in [-0.3, -0.25) is 14.7 Å². The number of hydrogen-bond acceptors (Lipinski definition) is 5. The Kier molecular flexibility index (Phi) is 3.98. The van der Waals surface area contributed by atoms with E-state index >= 15 is 0 Å². The first-order valence-electron chi connectivity index (χ1n) is 6.98. The predicted octanol–water partition coefficient (Wildman–Crippen LogP) is 2.50. The van der Waals surface area contributed by atoms with Crippen LogP contribution in [-0.2, 0) is 11.3 Å². The first-order valence-corrected chi connectivity index (χ1v) is 7.86. The van der Waals surface area contributed by atoms with Crippen LogP contribution in [0.5, 0.6) is 0 Å². The second-order valence-corrected chi connectivity index (χ2v) is 6.16. The third kappa shape index (κ3) is 2.96. The summed E-state index contributed by atoms with van der Waals surface area (Å²) in [7, 11) is 0. The fraction of sp³-hybridized carbons (Fsp3) is 0.400. The molecule has 1 aliphatic rings. The van der Waals surface area contributed by atoms with Gasteiger partial charge in [0.1, 0.15) is 5.01 Å². The van der Waals surface area contributed by atoms with Crippen molar-refractivity contribution in [3.05, 3.63) is 35.5 Å². The summed E-state index contributed by atoms with van der Waals surface area (Å²) >= 11 is 1.58. The van der Waals surface area contributed by atoms with E-state index in [2.05, 4.69) is 14.9 Å². The van der Waals surface area contributed by atoms with Gasteiger partial charge >= 0.3 is 5.97 Å². The van der Waals surface area contributed by atoms with Gasteiger partial charge in [-0.15, -0.1) is 11.3 Å². The van der Waals surface area contributed by atoms with E-state index in [-0.39, 0.29) is 12.0 Å². The van der Waals surface area contributed by atoms with E-state index in [1.165, 1.54) is 0 Å². The van der Waals surface area contributed by atoms with E-state index < -0.39 is 5.97 Å². The molecule has 5 nitrogen and oxygen atoms in total. The summed E-state index contributed by atoms with van der Waals surface area (Å²) in [5, 5.41) is 12.1. The molecule has 3 heterocycles. The molecule has 2 aromatic heterocycles. The lowest BCUT2D eigenvalue weighted by Gasteiger charge is -2.21. The van der Waals surface area contributed by atoms with Crippen LogP contribution in [0.2, 0.25) is 0 Å². The van der Waals surface area contributed by atoms with Crippen LogP contribution in [0.4, 0.5) is 0 Å². The summed E-state index contributed by atoms with van der Waals surface area (Å²) in [6, 6.07) is 5.84. The molecular formula is C15H17N3O2S. The molecule has 3 rings (SSSR count). The van der Waals surface area contributed by atoms with Gasteiger partial charge in [-0.25, -0.2) is 4.98 Å². The number of carboxylic acids is 1. The normalized spacial score (nSPS) is 22.5. The molecule has 110 valence electrons. The van der Waals surface area contributed by atoms with Crippen molar-refractivity contribution in [3.8, 4) is 10.7 Å². The SMILES string of the molecule is CC1C(C(=O)O)CCN1Cc1csc(-c2ccccn2)n1. The van der Waals surface area contributed by atoms with Gasteiger partial charge in [0.15, 0.2) is 0 Å². The molecule has 0 aromatic carbocycles. The molecule has 2 unspecified atom stereocenters. The lowest BCUT2D eigenvalue weighted by molar-refractivity contribution is -0.142. The summed E-state index contributed by atoms with van der Waals surface area (Å²) in [5.41, 5.74) is 1.87. The highest BCUT2D eigenvalue weighted by Crippen LogP contribution is 2.27. The fourth-order valence-corrected chi connectivity index (χ4v) is 3.54. The smallest absolute Gasteiger partial charge is 0.308 e. The Hall–Kier alpha value is -1.79. The summed E-state index contributed by atoms with van der Waals surface area (Å²) in [5.74, 6) is -0.962. The molecule has 1 aliphatic heterocycles. The largest absolute Gasteiger partial charge is 0.481 e. The number of aliphatic carboxylic acids is 1. The summed E-state index contributed by atoms with van der Waals surface area (Å²) in [6.07, 6.45) is 2.48. The number of rotatable bonds is 4. The van der Waals surface area contributed by atoms with Gasteiger partial charge in [-0.1, -0.05) is 6.07 Å².